The fourth-order valence-electron chi connectivity index (χ4n) is 2.91. The Morgan fingerprint density at radius 1 is 1.07 bits per heavy atom. The molecule has 1 aliphatic carbocycles. The van der Waals surface area contributed by atoms with Crippen molar-refractivity contribution in [3.05, 3.63) is 24.3 Å². The summed E-state index contributed by atoms with van der Waals surface area (Å²) in [4.78, 5) is 0. The maximum atomic E-state index is 12.2. The first-order valence-electron chi connectivity index (χ1n) is 9.24. The molecule has 0 amide bonds. The van der Waals surface area contributed by atoms with Gasteiger partial charge in [0.2, 0.25) is 0 Å². The molecule has 1 fully saturated rings. The average Bonchev–Trinajstić information content (AvgIpc) is 2.59. The minimum absolute atomic E-state index is 0.205. The second-order valence-corrected chi connectivity index (χ2v) is 10.0. The molecule has 1 aromatic carbocycles. The van der Waals surface area contributed by atoms with Crippen LogP contribution in [0.5, 0.6) is 5.75 Å². The third-order valence-corrected chi connectivity index (χ3v) is 6.19. The summed E-state index contributed by atoms with van der Waals surface area (Å²) in [5, 5.41) is 3.34. The molecule has 2 N–H and O–H groups in total. The van der Waals surface area contributed by atoms with E-state index in [4.69, 9.17) is 4.74 Å². The van der Waals surface area contributed by atoms with E-state index in [9.17, 15) is 17.4 Å². The molecule has 4 nitrogen and oxygen atoms in total. The van der Waals surface area contributed by atoms with Gasteiger partial charge in [-0.15, -0.1) is 0 Å². The molecule has 1 atom stereocenters. The summed E-state index contributed by atoms with van der Waals surface area (Å²) < 4.78 is 56.3. The molecule has 8 heteroatoms. The van der Waals surface area contributed by atoms with Crippen LogP contribution in [0.1, 0.15) is 46.5 Å². The minimum Gasteiger partial charge on any atom is -0.484 e. The molecule has 2 rings (SSSR count). The van der Waals surface area contributed by atoms with Gasteiger partial charge in [0.25, 0.3) is 0 Å². The third kappa shape index (κ3) is 8.09. The van der Waals surface area contributed by atoms with Gasteiger partial charge in [0.05, 0.1) is 15.7 Å². The van der Waals surface area contributed by atoms with Crippen molar-refractivity contribution in [2.45, 2.75) is 63.4 Å². The molecular formula is C19H29F3N2O2S. The number of rotatable bonds is 7. The number of halogens is 3. The van der Waals surface area contributed by atoms with Gasteiger partial charge in [0.15, 0.2) is 6.61 Å². The summed E-state index contributed by atoms with van der Waals surface area (Å²) in [6.45, 7) is 5.43. The van der Waals surface area contributed by atoms with Gasteiger partial charge < -0.3 is 10.1 Å². The number of benzene rings is 1. The van der Waals surface area contributed by atoms with Gasteiger partial charge in [-0.2, -0.15) is 13.2 Å². The maximum absolute atomic E-state index is 12.2. The van der Waals surface area contributed by atoms with Crippen molar-refractivity contribution in [3.63, 3.8) is 0 Å². The van der Waals surface area contributed by atoms with E-state index in [1.165, 1.54) is 12.1 Å². The highest BCUT2D eigenvalue weighted by atomic mass is 32.2. The van der Waals surface area contributed by atoms with Crippen LogP contribution in [0, 0.1) is 5.92 Å². The zero-order chi connectivity index (χ0) is 20.1. The minimum atomic E-state index is -4.33. The number of nitrogens with one attached hydrogen (secondary N) is 2. The summed E-state index contributed by atoms with van der Waals surface area (Å²) in [6.07, 6.45) is -0.224. The smallest absolute Gasteiger partial charge is 0.422 e. The molecule has 1 aromatic rings. The van der Waals surface area contributed by atoms with Gasteiger partial charge in [-0.3, -0.25) is 0 Å². The molecule has 0 aromatic heterocycles. The van der Waals surface area contributed by atoms with Gasteiger partial charge in [0, 0.05) is 18.3 Å². The summed E-state index contributed by atoms with van der Waals surface area (Å²) in [6, 6.07) is 6.83. The number of hydrogen-bond acceptors (Lipinski definition) is 3. The summed E-state index contributed by atoms with van der Waals surface area (Å²) in [7, 11) is -1.04. The lowest BCUT2D eigenvalue weighted by molar-refractivity contribution is -0.153. The van der Waals surface area contributed by atoms with Crippen LogP contribution >= 0.6 is 0 Å². The lowest BCUT2D eigenvalue weighted by Gasteiger charge is -2.31. The van der Waals surface area contributed by atoms with Crippen LogP contribution in [0.15, 0.2) is 24.3 Å². The van der Waals surface area contributed by atoms with E-state index in [-0.39, 0.29) is 10.5 Å². The van der Waals surface area contributed by atoms with Crippen molar-refractivity contribution in [1.29, 1.82) is 0 Å². The molecule has 1 unspecified atom stereocenters. The summed E-state index contributed by atoms with van der Waals surface area (Å²) in [5.41, 5.74) is 0.864. The Morgan fingerprint density at radius 3 is 2.19 bits per heavy atom. The lowest BCUT2D eigenvalue weighted by atomic mass is 9.86. The molecule has 0 saturated heterocycles. The fourth-order valence-corrected chi connectivity index (χ4v) is 3.80. The van der Waals surface area contributed by atoms with Crippen LogP contribution in [0.25, 0.3) is 0 Å². The molecule has 0 bridgehead atoms. The van der Waals surface area contributed by atoms with Gasteiger partial charge in [-0.05, 0) is 76.6 Å². The topological polar surface area (TPSA) is 50.4 Å². The summed E-state index contributed by atoms with van der Waals surface area (Å²) >= 11 is 0. The number of ether oxygens (including phenoxy) is 1. The molecule has 27 heavy (non-hydrogen) atoms. The number of alkyl halides is 3. The van der Waals surface area contributed by atoms with E-state index >= 15 is 0 Å². The van der Waals surface area contributed by atoms with Crippen LogP contribution in [-0.4, -0.2) is 34.3 Å². The van der Waals surface area contributed by atoms with E-state index in [1.807, 2.05) is 20.8 Å². The molecule has 0 spiro atoms. The largest absolute Gasteiger partial charge is 0.484 e. The van der Waals surface area contributed by atoms with E-state index in [1.54, 1.807) is 12.1 Å². The van der Waals surface area contributed by atoms with Crippen molar-refractivity contribution < 1.29 is 22.1 Å². The Kier molecular flexibility index (Phi) is 7.56. The Hall–Kier alpha value is -1.28. The lowest BCUT2D eigenvalue weighted by Crippen LogP contribution is -2.41. The van der Waals surface area contributed by atoms with E-state index < -0.39 is 23.8 Å². The van der Waals surface area contributed by atoms with Crippen molar-refractivity contribution in [1.82, 2.24) is 4.72 Å². The highest BCUT2D eigenvalue weighted by Crippen LogP contribution is 2.26. The standard InChI is InChI=1S/C19H29F3N2O2S/c1-18(2,3)27(25)24-16-6-4-14(5-7-16)12-23-15-8-10-17(11-9-15)26-13-19(20,21)22/h8-11,14,16,23-24H,4-7,12-13H2,1-3H3. The van der Waals surface area contributed by atoms with E-state index in [2.05, 4.69) is 10.0 Å². The highest BCUT2D eigenvalue weighted by molar-refractivity contribution is 7.84. The zero-order valence-corrected chi connectivity index (χ0v) is 16.9. The predicted octanol–water partition coefficient (Wildman–Crippen LogP) is 4.65. The van der Waals surface area contributed by atoms with E-state index in [0.717, 1.165) is 37.9 Å². The Balaban J connectivity index is 1.70. The fraction of sp³-hybridized carbons (Fsp3) is 0.684. The molecule has 154 valence electrons. The predicted molar refractivity (Wildman–Crippen MR) is 103 cm³/mol. The Labute approximate surface area is 161 Å². The highest BCUT2D eigenvalue weighted by Gasteiger charge is 2.28. The van der Waals surface area contributed by atoms with Gasteiger partial charge in [0.1, 0.15) is 5.75 Å². The molecule has 1 aliphatic rings. The van der Waals surface area contributed by atoms with Crippen LogP contribution in [0.3, 0.4) is 0 Å². The maximum Gasteiger partial charge on any atom is 0.422 e. The average molecular weight is 407 g/mol. The first-order chi connectivity index (χ1) is 12.5. The molecule has 1 saturated carbocycles. The first-order valence-corrected chi connectivity index (χ1v) is 10.4. The monoisotopic (exact) mass is 406 g/mol. The van der Waals surface area contributed by atoms with E-state index in [0.29, 0.717) is 12.0 Å². The third-order valence-electron chi connectivity index (χ3n) is 4.53. The van der Waals surface area contributed by atoms with Crippen LogP contribution < -0.4 is 14.8 Å². The van der Waals surface area contributed by atoms with Crippen molar-refractivity contribution in [2.75, 3.05) is 18.5 Å². The summed E-state index contributed by atoms with van der Waals surface area (Å²) in [5.74, 6) is 0.739. The quantitative estimate of drug-likeness (QED) is 0.693. The zero-order valence-electron chi connectivity index (χ0n) is 16.1. The molecular weight excluding hydrogens is 377 g/mol. The molecule has 0 radical (unpaired) electrons. The normalized spacial score (nSPS) is 22.3. The Morgan fingerprint density at radius 2 is 1.67 bits per heavy atom. The number of anilines is 1. The number of hydrogen-bond donors (Lipinski definition) is 2. The van der Waals surface area contributed by atoms with Gasteiger partial charge >= 0.3 is 6.18 Å². The van der Waals surface area contributed by atoms with Crippen LogP contribution in [-0.2, 0) is 11.0 Å². The van der Waals surface area contributed by atoms with Crippen LogP contribution in [0.4, 0.5) is 18.9 Å². The second-order valence-electron chi connectivity index (χ2n) is 8.03. The second kappa shape index (κ2) is 9.28. The van der Waals surface area contributed by atoms with Crippen molar-refractivity contribution in [2.24, 2.45) is 5.92 Å². The SMILES string of the molecule is CC(C)(C)S(=O)NC1CCC(CNc2ccc(OCC(F)(F)F)cc2)CC1. The van der Waals surface area contributed by atoms with Crippen molar-refractivity contribution >= 4 is 16.7 Å². The van der Waals surface area contributed by atoms with Crippen LogP contribution in [0.2, 0.25) is 0 Å². The van der Waals surface area contributed by atoms with Crippen molar-refractivity contribution in [3.8, 4) is 5.75 Å². The van der Waals surface area contributed by atoms with Gasteiger partial charge in [-0.25, -0.2) is 8.93 Å². The Bertz CT molecular complexity index is 607. The molecule has 0 aliphatic heterocycles. The first kappa shape index (κ1) is 22.0. The molecule has 0 heterocycles. The van der Waals surface area contributed by atoms with Gasteiger partial charge in [-0.1, -0.05) is 0 Å².